The van der Waals surface area contributed by atoms with E-state index in [2.05, 4.69) is 10.6 Å². The minimum Gasteiger partial charge on any atom is -0.352 e. The second-order valence-electron chi connectivity index (χ2n) is 6.60. The summed E-state index contributed by atoms with van der Waals surface area (Å²) >= 11 is 0. The second-order valence-corrected chi connectivity index (χ2v) is 6.60. The quantitative estimate of drug-likeness (QED) is 0.805. The summed E-state index contributed by atoms with van der Waals surface area (Å²) in [6, 6.07) is 0.374. The molecule has 102 valence electrons. The summed E-state index contributed by atoms with van der Waals surface area (Å²) in [6.45, 7) is 2.07. The van der Waals surface area contributed by atoms with E-state index >= 15 is 0 Å². The first-order valence-corrected chi connectivity index (χ1v) is 7.81. The molecule has 3 heteroatoms. The van der Waals surface area contributed by atoms with Crippen LogP contribution in [0.3, 0.4) is 0 Å². The zero-order valence-electron chi connectivity index (χ0n) is 11.3. The highest BCUT2D eigenvalue weighted by atomic mass is 16.1. The SMILES string of the molecule is O=C(CC1CC2CCC1C2)NC1CCCCNC1. The third-order valence-electron chi connectivity index (χ3n) is 5.24. The fourth-order valence-electron chi connectivity index (χ4n) is 4.29. The van der Waals surface area contributed by atoms with Crippen molar-refractivity contribution in [3.8, 4) is 0 Å². The van der Waals surface area contributed by atoms with Crippen LogP contribution in [0.4, 0.5) is 0 Å². The number of rotatable bonds is 3. The maximum atomic E-state index is 12.1. The Kier molecular flexibility index (Phi) is 3.88. The smallest absolute Gasteiger partial charge is 0.220 e. The Morgan fingerprint density at radius 3 is 2.89 bits per heavy atom. The second kappa shape index (κ2) is 5.60. The van der Waals surface area contributed by atoms with Crippen LogP contribution in [0.15, 0.2) is 0 Å². The molecule has 1 saturated heterocycles. The summed E-state index contributed by atoms with van der Waals surface area (Å²) in [4.78, 5) is 12.1. The average molecular weight is 250 g/mol. The molecule has 4 atom stereocenters. The Hall–Kier alpha value is -0.570. The van der Waals surface area contributed by atoms with Gasteiger partial charge in [-0.25, -0.2) is 0 Å². The van der Waals surface area contributed by atoms with Gasteiger partial charge in [0, 0.05) is 19.0 Å². The highest BCUT2D eigenvalue weighted by Gasteiger charge is 2.40. The maximum absolute atomic E-state index is 12.1. The number of nitrogens with one attached hydrogen (secondary N) is 2. The molecule has 1 heterocycles. The Balaban J connectivity index is 1.44. The van der Waals surface area contributed by atoms with Gasteiger partial charge in [0.25, 0.3) is 0 Å². The molecule has 2 bridgehead atoms. The van der Waals surface area contributed by atoms with Crippen LogP contribution in [0.5, 0.6) is 0 Å². The van der Waals surface area contributed by atoms with Crippen LogP contribution >= 0.6 is 0 Å². The predicted molar refractivity (Wildman–Crippen MR) is 72.2 cm³/mol. The number of amides is 1. The maximum Gasteiger partial charge on any atom is 0.220 e. The van der Waals surface area contributed by atoms with Crippen molar-refractivity contribution in [2.45, 2.75) is 57.4 Å². The third kappa shape index (κ3) is 2.87. The lowest BCUT2D eigenvalue weighted by Crippen LogP contribution is -2.41. The van der Waals surface area contributed by atoms with Crippen molar-refractivity contribution in [1.29, 1.82) is 0 Å². The van der Waals surface area contributed by atoms with Gasteiger partial charge in [-0.1, -0.05) is 12.8 Å². The van der Waals surface area contributed by atoms with Crippen molar-refractivity contribution >= 4 is 5.91 Å². The summed E-state index contributed by atoms with van der Waals surface area (Å²) in [7, 11) is 0. The van der Waals surface area contributed by atoms with Gasteiger partial charge in [0.05, 0.1) is 0 Å². The molecule has 0 aromatic carbocycles. The normalized spacial score (nSPS) is 39.6. The Morgan fingerprint density at radius 1 is 1.17 bits per heavy atom. The van der Waals surface area contributed by atoms with Crippen LogP contribution in [-0.4, -0.2) is 25.0 Å². The molecule has 2 aliphatic carbocycles. The lowest BCUT2D eigenvalue weighted by Gasteiger charge is -2.23. The monoisotopic (exact) mass is 250 g/mol. The van der Waals surface area contributed by atoms with E-state index < -0.39 is 0 Å². The van der Waals surface area contributed by atoms with Crippen molar-refractivity contribution in [2.24, 2.45) is 17.8 Å². The van der Waals surface area contributed by atoms with Gasteiger partial charge in [0.1, 0.15) is 0 Å². The van der Waals surface area contributed by atoms with Crippen molar-refractivity contribution < 1.29 is 4.79 Å². The van der Waals surface area contributed by atoms with Crippen LogP contribution < -0.4 is 10.6 Å². The first kappa shape index (κ1) is 12.5. The van der Waals surface area contributed by atoms with Gasteiger partial charge in [0.2, 0.25) is 5.91 Å². The first-order valence-electron chi connectivity index (χ1n) is 7.81. The highest BCUT2D eigenvalue weighted by molar-refractivity contribution is 5.76. The molecule has 2 N–H and O–H groups in total. The van der Waals surface area contributed by atoms with Crippen molar-refractivity contribution in [3.63, 3.8) is 0 Å². The highest BCUT2D eigenvalue weighted by Crippen LogP contribution is 2.49. The Bertz CT molecular complexity index is 297. The van der Waals surface area contributed by atoms with Crippen LogP contribution in [-0.2, 0) is 4.79 Å². The first-order chi connectivity index (χ1) is 8.81. The number of hydrogen-bond acceptors (Lipinski definition) is 2. The van der Waals surface area contributed by atoms with Crippen molar-refractivity contribution in [3.05, 3.63) is 0 Å². The Labute approximate surface area is 110 Å². The molecule has 4 unspecified atom stereocenters. The molecule has 18 heavy (non-hydrogen) atoms. The molecular formula is C15H26N2O. The lowest BCUT2D eigenvalue weighted by molar-refractivity contribution is -0.123. The van der Waals surface area contributed by atoms with Crippen LogP contribution in [0.25, 0.3) is 0 Å². The van der Waals surface area contributed by atoms with Crippen LogP contribution in [0.2, 0.25) is 0 Å². The average Bonchev–Trinajstić information content (AvgIpc) is 2.86. The summed E-state index contributed by atoms with van der Waals surface area (Å²) in [5.74, 6) is 2.82. The molecule has 0 aromatic rings. The minimum atomic E-state index is 0.307. The van der Waals surface area contributed by atoms with E-state index in [-0.39, 0.29) is 0 Å². The standard InChI is InChI=1S/C15H26N2O/c18-15(17-14-3-1-2-6-16-10-14)9-13-8-11-4-5-12(13)7-11/h11-14,16H,1-10H2,(H,17,18). The van der Waals surface area contributed by atoms with E-state index in [1.165, 1.54) is 38.5 Å². The minimum absolute atomic E-state index is 0.307. The number of hydrogen-bond donors (Lipinski definition) is 2. The summed E-state index contributed by atoms with van der Waals surface area (Å²) in [5.41, 5.74) is 0. The molecule has 2 saturated carbocycles. The summed E-state index contributed by atoms with van der Waals surface area (Å²) in [5, 5.41) is 6.65. The topological polar surface area (TPSA) is 41.1 Å². The number of carbonyl (C=O) groups excluding carboxylic acids is 1. The predicted octanol–water partition coefficient (Wildman–Crippen LogP) is 2.07. The third-order valence-corrected chi connectivity index (χ3v) is 5.24. The van der Waals surface area contributed by atoms with E-state index in [0.717, 1.165) is 37.8 Å². The zero-order valence-corrected chi connectivity index (χ0v) is 11.3. The fourth-order valence-corrected chi connectivity index (χ4v) is 4.29. The molecular weight excluding hydrogens is 224 g/mol. The van der Waals surface area contributed by atoms with E-state index in [0.29, 0.717) is 17.9 Å². The van der Waals surface area contributed by atoms with Gasteiger partial charge in [-0.05, 0) is 56.4 Å². The molecule has 3 fully saturated rings. The van der Waals surface area contributed by atoms with Gasteiger partial charge in [-0.2, -0.15) is 0 Å². The lowest BCUT2D eigenvalue weighted by atomic mass is 9.86. The molecule has 3 nitrogen and oxygen atoms in total. The van der Waals surface area contributed by atoms with Crippen LogP contribution in [0, 0.1) is 17.8 Å². The van der Waals surface area contributed by atoms with Crippen molar-refractivity contribution in [2.75, 3.05) is 13.1 Å². The zero-order chi connectivity index (χ0) is 12.4. The molecule has 3 aliphatic rings. The van der Waals surface area contributed by atoms with Gasteiger partial charge in [0.15, 0.2) is 0 Å². The number of carbonyl (C=O) groups is 1. The van der Waals surface area contributed by atoms with E-state index in [4.69, 9.17) is 0 Å². The van der Waals surface area contributed by atoms with Gasteiger partial charge in [-0.3, -0.25) is 4.79 Å². The fraction of sp³-hybridized carbons (Fsp3) is 0.933. The molecule has 3 rings (SSSR count). The van der Waals surface area contributed by atoms with Gasteiger partial charge >= 0.3 is 0 Å². The van der Waals surface area contributed by atoms with Gasteiger partial charge < -0.3 is 10.6 Å². The number of fused-ring (bicyclic) bond motifs is 2. The van der Waals surface area contributed by atoms with E-state index in [1.807, 2.05) is 0 Å². The van der Waals surface area contributed by atoms with Crippen molar-refractivity contribution in [1.82, 2.24) is 10.6 Å². The summed E-state index contributed by atoms with van der Waals surface area (Å²) in [6.07, 6.45) is 9.96. The summed E-state index contributed by atoms with van der Waals surface area (Å²) < 4.78 is 0. The van der Waals surface area contributed by atoms with Crippen LogP contribution in [0.1, 0.15) is 51.4 Å². The molecule has 1 aliphatic heterocycles. The largest absolute Gasteiger partial charge is 0.352 e. The molecule has 0 aromatic heterocycles. The van der Waals surface area contributed by atoms with E-state index in [9.17, 15) is 4.79 Å². The molecule has 0 radical (unpaired) electrons. The molecule has 0 spiro atoms. The van der Waals surface area contributed by atoms with Gasteiger partial charge in [-0.15, -0.1) is 0 Å². The molecule has 1 amide bonds. The van der Waals surface area contributed by atoms with E-state index in [1.54, 1.807) is 0 Å². The Morgan fingerprint density at radius 2 is 2.11 bits per heavy atom.